The maximum atomic E-state index is 13.0. The Morgan fingerprint density at radius 1 is 0.319 bits per heavy atom. The molecule has 91 heavy (non-hydrogen) atoms. The quantitative estimate of drug-likeness (QED) is 0.0222. The predicted octanol–water partition coefficient (Wildman–Crippen LogP) is 20.8. The van der Waals surface area contributed by atoms with Crippen LogP contribution in [0.3, 0.4) is 0 Å². The molecule has 0 amide bonds. The van der Waals surface area contributed by atoms with Gasteiger partial charge in [-0.1, -0.05) is 318 Å². The summed E-state index contributed by atoms with van der Waals surface area (Å²) < 4.78 is 68.3. The van der Waals surface area contributed by atoms with E-state index in [1.54, 1.807) is 0 Å². The maximum Gasteiger partial charge on any atom is 0.472 e. The van der Waals surface area contributed by atoms with Crippen molar-refractivity contribution in [1.82, 2.24) is 0 Å². The Labute approximate surface area is 556 Å². The minimum atomic E-state index is -4.95. The Bertz CT molecular complexity index is 1770. The average Bonchev–Trinajstić information content (AvgIpc) is 3.67. The number of phosphoric acid groups is 2. The van der Waals surface area contributed by atoms with Crippen LogP contribution in [0, 0.1) is 11.8 Å². The molecule has 0 saturated carbocycles. The number of unbranched alkanes of at least 4 members (excludes halogenated alkanes) is 40. The number of ether oxygens (including phenoxy) is 4. The third-order valence-electron chi connectivity index (χ3n) is 17.1. The van der Waals surface area contributed by atoms with Gasteiger partial charge in [-0.2, -0.15) is 0 Å². The average molecular weight is 1340 g/mol. The first-order chi connectivity index (χ1) is 43.9. The van der Waals surface area contributed by atoms with Crippen LogP contribution in [0.15, 0.2) is 0 Å². The van der Waals surface area contributed by atoms with E-state index < -0.39 is 97.5 Å². The molecule has 0 spiro atoms. The first-order valence-corrected chi connectivity index (χ1v) is 40.5. The molecule has 0 aliphatic rings. The van der Waals surface area contributed by atoms with Crippen LogP contribution in [0.5, 0.6) is 0 Å². The summed E-state index contributed by atoms with van der Waals surface area (Å²) in [6.07, 6.45) is 50.0. The monoisotopic (exact) mass is 1340 g/mol. The van der Waals surface area contributed by atoms with Crippen molar-refractivity contribution in [3.63, 3.8) is 0 Å². The van der Waals surface area contributed by atoms with Crippen molar-refractivity contribution in [2.24, 2.45) is 11.8 Å². The van der Waals surface area contributed by atoms with E-state index in [0.29, 0.717) is 25.7 Å². The highest BCUT2D eigenvalue weighted by Gasteiger charge is 2.30. The molecule has 0 rings (SSSR count). The van der Waals surface area contributed by atoms with E-state index in [4.69, 9.17) is 37.0 Å². The van der Waals surface area contributed by atoms with Crippen LogP contribution in [0.4, 0.5) is 0 Å². The first-order valence-electron chi connectivity index (χ1n) is 37.5. The summed E-state index contributed by atoms with van der Waals surface area (Å²) in [5.41, 5.74) is 0. The topological polar surface area (TPSA) is 237 Å². The number of hydrogen-bond acceptors (Lipinski definition) is 15. The highest BCUT2D eigenvalue weighted by molar-refractivity contribution is 7.47. The second-order valence-corrected chi connectivity index (χ2v) is 29.6. The Morgan fingerprint density at radius 2 is 0.560 bits per heavy atom. The van der Waals surface area contributed by atoms with Crippen molar-refractivity contribution in [3.8, 4) is 0 Å². The van der Waals surface area contributed by atoms with Crippen LogP contribution in [0.1, 0.15) is 369 Å². The molecular weight excluding hydrogens is 1200 g/mol. The molecule has 0 aliphatic heterocycles. The normalized spacial score (nSPS) is 14.4. The fraction of sp³-hybridized carbons (Fsp3) is 0.944. The summed E-state index contributed by atoms with van der Waals surface area (Å²) >= 11 is 0. The van der Waals surface area contributed by atoms with Crippen LogP contribution >= 0.6 is 15.6 Å². The van der Waals surface area contributed by atoms with Crippen molar-refractivity contribution < 1.29 is 80.2 Å². The van der Waals surface area contributed by atoms with Gasteiger partial charge in [0.25, 0.3) is 0 Å². The molecule has 0 aromatic carbocycles. The Balaban J connectivity index is 5.22. The molecule has 6 atom stereocenters. The third kappa shape index (κ3) is 65.1. The smallest absolute Gasteiger partial charge is 0.462 e. The van der Waals surface area contributed by atoms with E-state index in [1.807, 2.05) is 0 Å². The number of rotatable bonds is 71. The maximum absolute atomic E-state index is 13.0. The summed E-state index contributed by atoms with van der Waals surface area (Å²) in [5, 5.41) is 10.6. The van der Waals surface area contributed by atoms with Gasteiger partial charge in [0.2, 0.25) is 0 Å². The van der Waals surface area contributed by atoms with Crippen LogP contribution in [-0.2, 0) is 65.4 Å². The Hall–Kier alpha value is -1.94. The highest BCUT2D eigenvalue weighted by atomic mass is 31.2. The van der Waals surface area contributed by atoms with E-state index in [2.05, 4.69) is 41.5 Å². The highest BCUT2D eigenvalue weighted by Crippen LogP contribution is 2.45. The number of phosphoric ester groups is 2. The second kappa shape index (κ2) is 64.1. The Kier molecular flexibility index (Phi) is 62.7. The van der Waals surface area contributed by atoms with E-state index in [9.17, 15) is 43.2 Å². The molecule has 540 valence electrons. The van der Waals surface area contributed by atoms with Gasteiger partial charge in [0.05, 0.1) is 26.4 Å². The summed E-state index contributed by atoms with van der Waals surface area (Å²) in [6, 6.07) is 0. The molecule has 0 saturated heterocycles. The molecular formula is C72H140O17P2. The molecule has 0 heterocycles. The summed E-state index contributed by atoms with van der Waals surface area (Å²) in [5.74, 6) is -0.601. The van der Waals surface area contributed by atoms with Crippen LogP contribution in [0.25, 0.3) is 0 Å². The second-order valence-electron chi connectivity index (χ2n) is 26.7. The standard InChI is InChI=1S/C72H140O17P2/c1-7-10-12-14-16-18-19-20-25-28-32-36-43-49-55-70(75)83-60-67(88-71(76)56-50-44-37-33-29-26-23-21-22-24-27-31-34-40-46-52-64(4)5)62-86-90(78,79)84-58-66(73)59-85-91(80,81)87-63-68(61-82-69(74)54-48-42-35-30-17-15-13-11-8-2)89-72(77)57-51-45-39-38-41-47-53-65(6)9-3/h64-68,73H,7-63H2,1-6H3,(H,78,79)(H,80,81)/t65?,66-,67-,68-/m1/s1. The lowest BCUT2D eigenvalue weighted by atomic mass is 10.00. The predicted molar refractivity (Wildman–Crippen MR) is 368 cm³/mol. The van der Waals surface area contributed by atoms with Gasteiger partial charge in [-0.15, -0.1) is 0 Å². The van der Waals surface area contributed by atoms with Crippen LogP contribution in [-0.4, -0.2) is 96.7 Å². The lowest BCUT2D eigenvalue weighted by Gasteiger charge is -2.21. The molecule has 0 aromatic rings. The van der Waals surface area contributed by atoms with E-state index in [1.165, 1.54) is 186 Å². The Morgan fingerprint density at radius 3 is 0.835 bits per heavy atom. The van der Waals surface area contributed by atoms with Gasteiger partial charge in [0, 0.05) is 25.7 Å². The van der Waals surface area contributed by atoms with Gasteiger partial charge >= 0.3 is 39.5 Å². The largest absolute Gasteiger partial charge is 0.472 e. The molecule has 0 bridgehead atoms. The zero-order chi connectivity index (χ0) is 67.2. The van der Waals surface area contributed by atoms with Gasteiger partial charge in [0.1, 0.15) is 19.3 Å². The summed E-state index contributed by atoms with van der Waals surface area (Å²) in [7, 11) is -9.90. The van der Waals surface area contributed by atoms with E-state index in [0.717, 1.165) is 102 Å². The molecule has 0 aliphatic carbocycles. The summed E-state index contributed by atoms with van der Waals surface area (Å²) in [6.45, 7) is 9.53. The zero-order valence-electron chi connectivity index (χ0n) is 59.1. The zero-order valence-corrected chi connectivity index (χ0v) is 60.9. The number of hydrogen-bond donors (Lipinski definition) is 3. The molecule has 3 unspecified atom stereocenters. The number of esters is 4. The molecule has 0 radical (unpaired) electrons. The third-order valence-corrected chi connectivity index (χ3v) is 19.0. The number of carbonyl (C=O) groups is 4. The van der Waals surface area contributed by atoms with Crippen molar-refractivity contribution in [2.45, 2.75) is 387 Å². The van der Waals surface area contributed by atoms with Crippen LogP contribution in [0.2, 0.25) is 0 Å². The fourth-order valence-corrected chi connectivity index (χ4v) is 12.5. The molecule has 0 fully saturated rings. The van der Waals surface area contributed by atoms with Gasteiger partial charge in [-0.3, -0.25) is 37.3 Å². The van der Waals surface area contributed by atoms with Crippen molar-refractivity contribution in [2.75, 3.05) is 39.6 Å². The summed E-state index contributed by atoms with van der Waals surface area (Å²) in [4.78, 5) is 72.6. The van der Waals surface area contributed by atoms with Gasteiger partial charge in [-0.25, -0.2) is 9.13 Å². The first kappa shape index (κ1) is 89.1. The molecule has 17 nitrogen and oxygen atoms in total. The van der Waals surface area contributed by atoms with Crippen molar-refractivity contribution in [3.05, 3.63) is 0 Å². The molecule has 0 aromatic heterocycles. The van der Waals surface area contributed by atoms with E-state index >= 15 is 0 Å². The lowest BCUT2D eigenvalue weighted by Crippen LogP contribution is -2.30. The van der Waals surface area contributed by atoms with Gasteiger partial charge < -0.3 is 33.8 Å². The van der Waals surface area contributed by atoms with E-state index in [-0.39, 0.29) is 25.7 Å². The lowest BCUT2D eigenvalue weighted by molar-refractivity contribution is -0.161. The minimum absolute atomic E-state index is 0.103. The SMILES string of the molecule is CCCCCCCCCCCCCCCCC(=O)OC[C@H](COP(=O)(O)OC[C@@H](O)COP(=O)(O)OC[C@@H](COC(=O)CCCCCCCCCCC)OC(=O)CCCCCCCCC(C)CC)OC(=O)CCCCCCCCCCCCCCCCCC(C)C. The fourth-order valence-electron chi connectivity index (χ4n) is 10.9. The number of aliphatic hydroxyl groups is 1. The molecule has 3 N–H and O–H groups in total. The van der Waals surface area contributed by atoms with Gasteiger partial charge in [-0.05, 0) is 37.5 Å². The molecule has 19 heteroatoms. The van der Waals surface area contributed by atoms with Gasteiger partial charge in [0.15, 0.2) is 12.2 Å². The van der Waals surface area contributed by atoms with Crippen molar-refractivity contribution >= 4 is 39.5 Å². The minimum Gasteiger partial charge on any atom is -0.462 e. The number of carbonyl (C=O) groups excluding carboxylic acids is 4. The number of aliphatic hydroxyl groups excluding tert-OH is 1. The van der Waals surface area contributed by atoms with Crippen LogP contribution < -0.4 is 0 Å². The van der Waals surface area contributed by atoms with Crippen molar-refractivity contribution in [1.29, 1.82) is 0 Å².